The van der Waals surface area contributed by atoms with Crippen LogP contribution in [0.25, 0.3) is 0 Å². The summed E-state index contributed by atoms with van der Waals surface area (Å²) in [5.74, 6) is -1.69. The molecule has 5 nitrogen and oxygen atoms in total. The average molecular weight is 376 g/mol. The van der Waals surface area contributed by atoms with E-state index in [1.807, 2.05) is 11.4 Å². The van der Waals surface area contributed by atoms with Crippen LogP contribution in [-0.2, 0) is 26.3 Å². The van der Waals surface area contributed by atoms with Crippen molar-refractivity contribution in [1.29, 1.82) is 0 Å². The number of thiophene rings is 1. The Morgan fingerprint density at radius 3 is 2.42 bits per heavy atom. The summed E-state index contributed by atoms with van der Waals surface area (Å²) >= 11 is 1.66. The lowest BCUT2D eigenvalue weighted by atomic mass is 9.78. The Labute approximate surface area is 155 Å². The van der Waals surface area contributed by atoms with Crippen molar-refractivity contribution in [3.05, 3.63) is 58.0 Å². The number of ether oxygens (including phenoxy) is 1. The molecule has 0 atom stereocenters. The number of nitrogens with one attached hydrogen (secondary N) is 2. The van der Waals surface area contributed by atoms with E-state index in [9.17, 15) is 14.0 Å². The molecule has 0 bridgehead atoms. The van der Waals surface area contributed by atoms with Crippen LogP contribution >= 0.6 is 11.3 Å². The van der Waals surface area contributed by atoms with Gasteiger partial charge >= 0.3 is 11.8 Å². The van der Waals surface area contributed by atoms with Crippen LogP contribution in [0.3, 0.4) is 0 Å². The number of hydrogen-bond acceptors (Lipinski definition) is 4. The molecule has 0 saturated carbocycles. The lowest BCUT2D eigenvalue weighted by molar-refractivity contribution is -0.139. The third-order valence-corrected chi connectivity index (χ3v) is 5.77. The first-order chi connectivity index (χ1) is 12.6. The summed E-state index contributed by atoms with van der Waals surface area (Å²) in [5, 5.41) is 7.34. The average Bonchev–Trinajstić information content (AvgIpc) is 3.21. The minimum Gasteiger partial charge on any atom is -0.381 e. The third kappa shape index (κ3) is 4.47. The minimum atomic E-state index is -0.692. The van der Waals surface area contributed by atoms with E-state index < -0.39 is 11.8 Å². The number of hydrogen-bond donors (Lipinski definition) is 2. The molecular formula is C19H21FN2O3S. The Morgan fingerprint density at radius 1 is 1.08 bits per heavy atom. The molecule has 7 heteroatoms. The maximum atomic E-state index is 12.9. The number of carbonyl (C=O) groups excluding carboxylic acids is 2. The standard InChI is InChI=1S/C19H21FN2O3S/c20-15-5-3-14(4-6-15)12-21-17(23)18(24)22-13-19(7-9-25-10-8-19)16-2-1-11-26-16/h1-6,11H,7-10,12-13H2,(H,21,23)(H,22,24). The lowest BCUT2D eigenvalue weighted by Crippen LogP contribution is -2.48. The normalized spacial score (nSPS) is 16.0. The van der Waals surface area contributed by atoms with E-state index in [0.717, 1.165) is 18.4 Å². The van der Waals surface area contributed by atoms with Gasteiger partial charge in [-0.05, 0) is 42.0 Å². The van der Waals surface area contributed by atoms with Crippen LogP contribution in [0.2, 0.25) is 0 Å². The molecule has 1 aromatic heterocycles. The fourth-order valence-electron chi connectivity index (χ4n) is 3.05. The Morgan fingerprint density at radius 2 is 1.77 bits per heavy atom. The van der Waals surface area contributed by atoms with Crippen molar-refractivity contribution in [2.75, 3.05) is 19.8 Å². The molecule has 138 valence electrons. The van der Waals surface area contributed by atoms with E-state index in [0.29, 0.717) is 19.8 Å². The highest BCUT2D eigenvalue weighted by Gasteiger charge is 2.36. The lowest BCUT2D eigenvalue weighted by Gasteiger charge is -2.36. The fourth-order valence-corrected chi connectivity index (χ4v) is 4.03. The number of benzene rings is 1. The maximum absolute atomic E-state index is 12.9. The maximum Gasteiger partial charge on any atom is 0.309 e. The van der Waals surface area contributed by atoms with Crippen LogP contribution in [-0.4, -0.2) is 31.6 Å². The molecule has 2 aromatic rings. The van der Waals surface area contributed by atoms with Crippen molar-refractivity contribution in [1.82, 2.24) is 10.6 Å². The van der Waals surface area contributed by atoms with Crippen LogP contribution in [0.15, 0.2) is 41.8 Å². The SMILES string of the molecule is O=C(NCc1ccc(F)cc1)C(=O)NCC1(c2cccs2)CCOCC1. The highest BCUT2D eigenvalue weighted by atomic mass is 32.1. The van der Waals surface area contributed by atoms with E-state index in [2.05, 4.69) is 16.7 Å². The number of carbonyl (C=O) groups is 2. The molecular weight excluding hydrogens is 355 g/mol. The van der Waals surface area contributed by atoms with Crippen molar-refractivity contribution < 1.29 is 18.7 Å². The van der Waals surface area contributed by atoms with Gasteiger partial charge in [0, 0.05) is 36.6 Å². The van der Waals surface area contributed by atoms with Crippen LogP contribution in [0.5, 0.6) is 0 Å². The summed E-state index contributed by atoms with van der Waals surface area (Å²) in [6, 6.07) is 9.84. The van der Waals surface area contributed by atoms with Gasteiger partial charge in [-0.25, -0.2) is 4.39 Å². The largest absolute Gasteiger partial charge is 0.381 e. The molecule has 3 rings (SSSR count). The second kappa shape index (κ2) is 8.42. The predicted molar refractivity (Wildman–Crippen MR) is 97.3 cm³/mol. The predicted octanol–water partition coefficient (Wildman–Crippen LogP) is 2.37. The van der Waals surface area contributed by atoms with Crippen LogP contribution in [0.1, 0.15) is 23.3 Å². The van der Waals surface area contributed by atoms with E-state index in [1.165, 1.54) is 17.0 Å². The Kier molecular flexibility index (Phi) is 6.00. The molecule has 2 N–H and O–H groups in total. The highest BCUT2D eigenvalue weighted by molar-refractivity contribution is 7.10. The molecule has 2 amide bonds. The first-order valence-electron chi connectivity index (χ1n) is 8.51. The van der Waals surface area contributed by atoms with Crippen LogP contribution in [0, 0.1) is 5.82 Å². The van der Waals surface area contributed by atoms with E-state index in [-0.39, 0.29) is 17.8 Å². The molecule has 1 aliphatic heterocycles. The topological polar surface area (TPSA) is 67.4 Å². The molecule has 26 heavy (non-hydrogen) atoms. The van der Waals surface area contributed by atoms with Crippen LogP contribution in [0.4, 0.5) is 4.39 Å². The highest BCUT2D eigenvalue weighted by Crippen LogP contribution is 2.36. The van der Waals surface area contributed by atoms with E-state index >= 15 is 0 Å². The first-order valence-corrected chi connectivity index (χ1v) is 9.39. The summed E-state index contributed by atoms with van der Waals surface area (Å²) in [7, 11) is 0. The summed E-state index contributed by atoms with van der Waals surface area (Å²) in [4.78, 5) is 25.4. The van der Waals surface area contributed by atoms with Crippen LogP contribution < -0.4 is 10.6 Å². The van der Waals surface area contributed by atoms with Crippen molar-refractivity contribution in [2.45, 2.75) is 24.8 Å². The molecule has 1 aliphatic rings. The van der Waals surface area contributed by atoms with E-state index in [4.69, 9.17) is 4.74 Å². The molecule has 1 fully saturated rings. The monoisotopic (exact) mass is 376 g/mol. The second-order valence-electron chi connectivity index (χ2n) is 6.36. The van der Waals surface area contributed by atoms with Gasteiger partial charge in [0.2, 0.25) is 0 Å². The first kappa shape index (κ1) is 18.5. The summed E-state index contributed by atoms with van der Waals surface area (Å²) in [6.45, 7) is 1.87. The summed E-state index contributed by atoms with van der Waals surface area (Å²) in [6.07, 6.45) is 1.62. The van der Waals surface area contributed by atoms with Gasteiger partial charge in [0.15, 0.2) is 0 Å². The fraction of sp³-hybridized carbons (Fsp3) is 0.368. The summed E-state index contributed by atoms with van der Waals surface area (Å²) < 4.78 is 18.3. The molecule has 1 aromatic carbocycles. The quantitative estimate of drug-likeness (QED) is 0.788. The second-order valence-corrected chi connectivity index (χ2v) is 7.31. The van der Waals surface area contributed by atoms with Gasteiger partial charge in [-0.1, -0.05) is 18.2 Å². The van der Waals surface area contributed by atoms with Gasteiger partial charge in [0.1, 0.15) is 5.82 Å². The molecule has 1 saturated heterocycles. The Balaban J connectivity index is 1.54. The van der Waals surface area contributed by atoms with Gasteiger partial charge in [-0.3, -0.25) is 9.59 Å². The number of amides is 2. The molecule has 0 aliphatic carbocycles. The number of halogens is 1. The zero-order valence-electron chi connectivity index (χ0n) is 14.3. The molecule has 0 unspecified atom stereocenters. The van der Waals surface area contributed by atoms with Gasteiger partial charge in [0.05, 0.1) is 0 Å². The van der Waals surface area contributed by atoms with Gasteiger partial charge in [0.25, 0.3) is 0 Å². The third-order valence-electron chi connectivity index (χ3n) is 4.65. The zero-order chi connectivity index (χ0) is 18.4. The van der Waals surface area contributed by atoms with Crippen molar-refractivity contribution in [3.63, 3.8) is 0 Å². The molecule has 0 spiro atoms. The Hall–Kier alpha value is -2.25. The Bertz CT molecular complexity index is 741. The number of rotatable bonds is 5. The van der Waals surface area contributed by atoms with E-state index in [1.54, 1.807) is 23.5 Å². The van der Waals surface area contributed by atoms with Crippen molar-refractivity contribution in [2.24, 2.45) is 0 Å². The summed E-state index contributed by atoms with van der Waals surface area (Å²) in [5.41, 5.74) is 0.547. The van der Waals surface area contributed by atoms with Gasteiger partial charge in [-0.2, -0.15) is 0 Å². The van der Waals surface area contributed by atoms with Crippen molar-refractivity contribution >= 4 is 23.2 Å². The molecule has 2 heterocycles. The zero-order valence-corrected chi connectivity index (χ0v) is 15.1. The molecule has 0 radical (unpaired) electrons. The van der Waals surface area contributed by atoms with Gasteiger partial charge in [-0.15, -0.1) is 11.3 Å². The van der Waals surface area contributed by atoms with Crippen molar-refractivity contribution in [3.8, 4) is 0 Å². The smallest absolute Gasteiger partial charge is 0.309 e. The van der Waals surface area contributed by atoms with Gasteiger partial charge < -0.3 is 15.4 Å². The minimum absolute atomic E-state index is 0.177.